The van der Waals surface area contributed by atoms with Gasteiger partial charge in [-0.2, -0.15) is 5.10 Å². The van der Waals surface area contributed by atoms with Crippen LogP contribution in [0.2, 0.25) is 0 Å². The third-order valence-electron chi connectivity index (χ3n) is 4.63. The summed E-state index contributed by atoms with van der Waals surface area (Å²) in [4.78, 5) is 0. The maximum atomic E-state index is 4.77. The molecule has 2 rings (SSSR count). The molecular formula is C16H29N3. The lowest BCUT2D eigenvalue weighted by atomic mass is 9.80. The molecule has 1 N–H and O–H groups in total. The van der Waals surface area contributed by atoms with Gasteiger partial charge in [0.1, 0.15) is 0 Å². The Labute approximate surface area is 117 Å². The van der Waals surface area contributed by atoms with E-state index in [1.54, 1.807) is 0 Å². The first-order chi connectivity index (χ1) is 9.09. The summed E-state index contributed by atoms with van der Waals surface area (Å²) in [6.07, 6.45) is 7.18. The van der Waals surface area contributed by atoms with Crippen molar-refractivity contribution in [3.8, 4) is 0 Å². The Morgan fingerprint density at radius 1 is 1.47 bits per heavy atom. The van der Waals surface area contributed by atoms with Gasteiger partial charge in [-0.25, -0.2) is 0 Å². The average molecular weight is 263 g/mol. The van der Waals surface area contributed by atoms with Gasteiger partial charge < -0.3 is 5.32 Å². The van der Waals surface area contributed by atoms with Gasteiger partial charge in [-0.15, -0.1) is 0 Å². The van der Waals surface area contributed by atoms with Gasteiger partial charge in [-0.05, 0) is 56.6 Å². The smallest absolute Gasteiger partial charge is 0.0630 e. The molecule has 1 aliphatic rings. The molecule has 1 heterocycles. The van der Waals surface area contributed by atoms with E-state index in [0.29, 0.717) is 11.5 Å². The Bertz CT molecular complexity index is 394. The van der Waals surface area contributed by atoms with Crippen molar-refractivity contribution in [1.82, 2.24) is 15.1 Å². The van der Waals surface area contributed by atoms with Crippen LogP contribution in [0, 0.1) is 11.3 Å². The first-order valence-electron chi connectivity index (χ1n) is 7.83. The molecule has 108 valence electrons. The van der Waals surface area contributed by atoms with E-state index >= 15 is 0 Å². The zero-order valence-electron chi connectivity index (χ0n) is 12.9. The molecule has 0 radical (unpaired) electrons. The molecule has 1 saturated carbocycles. The van der Waals surface area contributed by atoms with E-state index in [-0.39, 0.29) is 0 Å². The van der Waals surface area contributed by atoms with Gasteiger partial charge in [0, 0.05) is 18.8 Å². The van der Waals surface area contributed by atoms with Gasteiger partial charge in [0.05, 0.1) is 5.69 Å². The molecule has 1 fully saturated rings. The molecule has 0 spiro atoms. The molecule has 0 bridgehead atoms. The molecule has 3 nitrogen and oxygen atoms in total. The second-order valence-electron chi connectivity index (χ2n) is 6.43. The number of nitrogens with zero attached hydrogens (tertiary/aromatic N) is 2. The summed E-state index contributed by atoms with van der Waals surface area (Å²) < 4.78 is 2.12. The van der Waals surface area contributed by atoms with E-state index in [1.807, 2.05) is 0 Å². The Balaban J connectivity index is 2.02. The highest BCUT2D eigenvalue weighted by molar-refractivity contribution is 5.07. The molecule has 3 heteroatoms. The predicted octanol–water partition coefficient (Wildman–Crippen LogP) is 3.42. The third-order valence-corrected chi connectivity index (χ3v) is 4.63. The van der Waals surface area contributed by atoms with Crippen LogP contribution in [-0.4, -0.2) is 22.9 Å². The summed E-state index contributed by atoms with van der Waals surface area (Å²) in [6, 6.07) is 2.72. The van der Waals surface area contributed by atoms with Crippen LogP contribution >= 0.6 is 0 Å². The van der Waals surface area contributed by atoms with Gasteiger partial charge in [0.2, 0.25) is 0 Å². The molecule has 0 aliphatic heterocycles. The van der Waals surface area contributed by atoms with Crippen LogP contribution in [0.25, 0.3) is 0 Å². The number of nitrogens with one attached hydrogen (secondary N) is 1. The molecule has 1 aromatic heterocycles. The summed E-state index contributed by atoms with van der Waals surface area (Å²) in [7, 11) is 0. The molecule has 1 aliphatic carbocycles. The van der Waals surface area contributed by atoms with Gasteiger partial charge in [-0.3, -0.25) is 4.68 Å². The van der Waals surface area contributed by atoms with E-state index in [0.717, 1.165) is 31.8 Å². The summed E-state index contributed by atoms with van der Waals surface area (Å²) in [6.45, 7) is 11.2. The van der Waals surface area contributed by atoms with Gasteiger partial charge >= 0.3 is 0 Å². The minimum Gasteiger partial charge on any atom is -0.316 e. The van der Waals surface area contributed by atoms with E-state index in [2.05, 4.69) is 50.0 Å². The van der Waals surface area contributed by atoms with Crippen molar-refractivity contribution in [3.63, 3.8) is 0 Å². The van der Waals surface area contributed by atoms with Crippen LogP contribution in [0.15, 0.2) is 12.3 Å². The Morgan fingerprint density at radius 2 is 2.21 bits per heavy atom. The molecular weight excluding hydrogens is 234 g/mol. The van der Waals surface area contributed by atoms with Crippen molar-refractivity contribution in [2.24, 2.45) is 11.3 Å². The molecule has 19 heavy (non-hydrogen) atoms. The second kappa shape index (κ2) is 6.08. The first-order valence-corrected chi connectivity index (χ1v) is 7.83. The number of rotatable bonds is 8. The van der Waals surface area contributed by atoms with Crippen molar-refractivity contribution in [1.29, 1.82) is 0 Å². The molecule has 1 aromatic rings. The number of hydrogen-bond acceptors (Lipinski definition) is 2. The molecule has 2 unspecified atom stereocenters. The quantitative estimate of drug-likeness (QED) is 0.779. The fraction of sp³-hybridized carbons (Fsp3) is 0.812. The van der Waals surface area contributed by atoms with Crippen molar-refractivity contribution >= 4 is 0 Å². The Hall–Kier alpha value is -0.830. The van der Waals surface area contributed by atoms with E-state index < -0.39 is 0 Å². The molecule has 2 atom stereocenters. The van der Waals surface area contributed by atoms with Crippen LogP contribution in [0.3, 0.4) is 0 Å². The van der Waals surface area contributed by atoms with Gasteiger partial charge in [0.25, 0.3) is 0 Å². The largest absolute Gasteiger partial charge is 0.316 e. The highest BCUT2D eigenvalue weighted by Gasteiger charge is 2.41. The van der Waals surface area contributed by atoms with Crippen LogP contribution in [0.4, 0.5) is 0 Å². The number of aromatic nitrogens is 2. The zero-order chi connectivity index (χ0) is 13.9. The van der Waals surface area contributed by atoms with Crippen molar-refractivity contribution in [2.75, 3.05) is 13.1 Å². The second-order valence-corrected chi connectivity index (χ2v) is 6.43. The normalized spacial score (nSPS) is 20.2. The maximum Gasteiger partial charge on any atom is 0.0630 e. The standard InChI is InChI=1S/C16H29N3/c1-5-13(3)19-10-9-15(18-19)11-16(4,12-17-6-2)14-7-8-14/h9-10,13-14,17H,5-8,11-12H2,1-4H3. The monoisotopic (exact) mass is 263 g/mol. The third kappa shape index (κ3) is 3.59. The lowest BCUT2D eigenvalue weighted by Gasteiger charge is -2.29. The van der Waals surface area contributed by atoms with Crippen molar-refractivity contribution < 1.29 is 0 Å². The minimum atomic E-state index is 0.380. The van der Waals surface area contributed by atoms with E-state index in [9.17, 15) is 0 Å². The van der Waals surface area contributed by atoms with Crippen LogP contribution < -0.4 is 5.32 Å². The SMILES string of the molecule is CCNCC(C)(Cc1ccn(C(C)CC)n1)C1CC1. The van der Waals surface area contributed by atoms with Gasteiger partial charge in [-0.1, -0.05) is 20.8 Å². The van der Waals surface area contributed by atoms with Gasteiger partial charge in [0.15, 0.2) is 0 Å². The number of hydrogen-bond donors (Lipinski definition) is 1. The molecule has 0 amide bonds. The fourth-order valence-corrected chi connectivity index (χ4v) is 2.86. The summed E-state index contributed by atoms with van der Waals surface area (Å²) >= 11 is 0. The van der Waals surface area contributed by atoms with Crippen LogP contribution in [0.1, 0.15) is 58.7 Å². The minimum absolute atomic E-state index is 0.380. The Kier molecular flexibility index (Phi) is 4.67. The molecule has 0 saturated heterocycles. The zero-order valence-corrected chi connectivity index (χ0v) is 12.9. The lowest BCUT2D eigenvalue weighted by molar-refractivity contribution is 0.254. The Morgan fingerprint density at radius 3 is 2.79 bits per heavy atom. The summed E-state index contributed by atoms with van der Waals surface area (Å²) in [5.74, 6) is 0.889. The average Bonchev–Trinajstić information content (AvgIpc) is 3.17. The van der Waals surface area contributed by atoms with Crippen molar-refractivity contribution in [2.45, 2.75) is 59.4 Å². The predicted molar refractivity (Wildman–Crippen MR) is 80.3 cm³/mol. The van der Waals surface area contributed by atoms with Crippen LogP contribution in [-0.2, 0) is 6.42 Å². The highest BCUT2D eigenvalue weighted by Crippen LogP contribution is 2.46. The molecule has 0 aromatic carbocycles. The summed E-state index contributed by atoms with van der Waals surface area (Å²) in [5, 5.41) is 8.31. The van der Waals surface area contributed by atoms with Crippen LogP contribution in [0.5, 0.6) is 0 Å². The maximum absolute atomic E-state index is 4.77. The van der Waals surface area contributed by atoms with E-state index in [1.165, 1.54) is 18.5 Å². The highest BCUT2D eigenvalue weighted by atomic mass is 15.3. The van der Waals surface area contributed by atoms with Crippen molar-refractivity contribution in [3.05, 3.63) is 18.0 Å². The topological polar surface area (TPSA) is 29.9 Å². The fourth-order valence-electron chi connectivity index (χ4n) is 2.86. The summed E-state index contributed by atoms with van der Waals surface area (Å²) in [5.41, 5.74) is 1.64. The first kappa shape index (κ1) is 14.6. The van der Waals surface area contributed by atoms with E-state index in [4.69, 9.17) is 5.10 Å². The lowest BCUT2D eigenvalue weighted by Crippen LogP contribution is -2.35.